The topological polar surface area (TPSA) is 58.6 Å². The molecule has 1 aromatic carbocycles. The molecular weight excluding hydrogens is 273 g/mol. The highest BCUT2D eigenvalue weighted by Gasteiger charge is 2.16. The van der Waals surface area contributed by atoms with Crippen molar-refractivity contribution in [2.45, 2.75) is 25.4 Å². The molecule has 0 aliphatic carbocycles. The molecule has 1 heterocycles. The molecule has 0 bridgehead atoms. The summed E-state index contributed by atoms with van der Waals surface area (Å²) in [6.45, 7) is 0.952. The maximum Gasteiger partial charge on any atom is 0.252 e. The van der Waals surface area contributed by atoms with Crippen LogP contribution in [0.1, 0.15) is 35.2 Å². The zero-order valence-electron chi connectivity index (χ0n) is 11.7. The van der Waals surface area contributed by atoms with E-state index in [9.17, 15) is 9.18 Å². The second kappa shape index (κ2) is 7.77. The summed E-state index contributed by atoms with van der Waals surface area (Å²) in [5, 5.41) is 11.5. The van der Waals surface area contributed by atoms with Gasteiger partial charge in [0.05, 0.1) is 11.7 Å². The number of hydrogen-bond acceptors (Lipinski definition) is 3. The van der Waals surface area contributed by atoms with Crippen molar-refractivity contribution < 1.29 is 19.0 Å². The van der Waals surface area contributed by atoms with Gasteiger partial charge in [-0.05, 0) is 37.5 Å². The minimum Gasteiger partial charge on any atom is -0.384 e. The SMILES string of the molecule is O=C(NCCC1CCCO1)c1cc(F)ccc1C#CCO. The molecule has 4 nitrogen and oxygen atoms in total. The lowest BCUT2D eigenvalue weighted by molar-refractivity contribution is 0.0906. The van der Waals surface area contributed by atoms with Crippen LogP contribution in [0.5, 0.6) is 0 Å². The van der Waals surface area contributed by atoms with Gasteiger partial charge in [0.2, 0.25) is 0 Å². The normalized spacial score (nSPS) is 17.1. The average Bonchev–Trinajstić information content (AvgIpc) is 2.99. The molecule has 2 N–H and O–H groups in total. The van der Waals surface area contributed by atoms with Crippen molar-refractivity contribution in [3.63, 3.8) is 0 Å². The van der Waals surface area contributed by atoms with E-state index in [0.717, 1.165) is 31.9 Å². The molecule has 0 radical (unpaired) electrons. The van der Waals surface area contributed by atoms with Crippen LogP contribution in [0.4, 0.5) is 4.39 Å². The van der Waals surface area contributed by atoms with Crippen LogP contribution in [0.3, 0.4) is 0 Å². The zero-order valence-corrected chi connectivity index (χ0v) is 11.7. The van der Waals surface area contributed by atoms with Crippen LogP contribution >= 0.6 is 0 Å². The van der Waals surface area contributed by atoms with Gasteiger partial charge in [0.25, 0.3) is 5.91 Å². The summed E-state index contributed by atoms with van der Waals surface area (Å²) in [4.78, 5) is 12.1. The Balaban J connectivity index is 1.98. The van der Waals surface area contributed by atoms with Crippen LogP contribution in [0.2, 0.25) is 0 Å². The number of nitrogens with one attached hydrogen (secondary N) is 1. The van der Waals surface area contributed by atoms with E-state index in [1.807, 2.05) is 0 Å². The lowest BCUT2D eigenvalue weighted by Crippen LogP contribution is -2.27. The standard InChI is InChI=1S/C16H18FNO3/c17-13-6-5-12(3-1-9-19)15(11-13)16(20)18-8-7-14-4-2-10-21-14/h5-6,11,14,19H,2,4,7-10H2,(H,18,20). The summed E-state index contributed by atoms with van der Waals surface area (Å²) in [6, 6.07) is 3.83. The Kier molecular flexibility index (Phi) is 5.73. The minimum absolute atomic E-state index is 0.184. The Bertz CT molecular complexity index is 556. The predicted molar refractivity (Wildman–Crippen MR) is 76.3 cm³/mol. The maximum absolute atomic E-state index is 13.3. The van der Waals surface area contributed by atoms with Crippen LogP contribution in [0.15, 0.2) is 18.2 Å². The van der Waals surface area contributed by atoms with E-state index in [4.69, 9.17) is 9.84 Å². The third kappa shape index (κ3) is 4.55. The third-order valence-corrected chi connectivity index (χ3v) is 3.30. The second-order valence-electron chi connectivity index (χ2n) is 4.83. The fraction of sp³-hybridized carbons (Fsp3) is 0.438. The van der Waals surface area contributed by atoms with Crippen molar-refractivity contribution in [3.05, 3.63) is 35.1 Å². The molecule has 0 saturated carbocycles. The summed E-state index contributed by atoms with van der Waals surface area (Å²) < 4.78 is 18.8. The zero-order chi connectivity index (χ0) is 15.1. The number of aliphatic hydroxyl groups excluding tert-OH is 1. The summed E-state index contributed by atoms with van der Waals surface area (Å²) >= 11 is 0. The van der Waals surface area contributed by atoms with Gasteiger partial charge >= 0.3 is 0 Å². The molecule has 21 heavy (non-hydrogen) atoms. The van der Waals surface area contributed by atoms with Gasteiger partial charge < -0.3 is 15.2 Å². The first-order valence-electron chi connectivity index (χ1n) is 7.00. The third-order valence-electron chi connectivity index (χ3n) is 3.30. The Morgan fingerprint density at radius 2 is 2.38 bits per heavy atom. The molecule has 112 valence electrons. The van der Waals surface area contributed by atoms with Gasteiger partial charge in [0, 0.05) is 18.7 Å². The number of amides is 1. The van der Waals surface area contributed by atoms with Gasteiger partial charge in [-0.1, -0.05) is 11.8 Å². The highest BCUT2D eigenvalue weighted by Crippen LogP contribution is 2.15. The van der Waals surface area contributed by atoms with Crippen molar-refractivity contribution in [2.24, 2.45) is 0 Å². The van der Waals surface area contributed by atoms with E-state index >= 15 is 0 Å². The molecule has 1 aromatic rings. The predicted octanol–water partition coefficient (Wildman–Crippen LogP) is 1.47. The van der Waals surface area contributed by atoms with E-state index in [-0.39, 0.29) is 24.2 Å². The van der Waals surface area contributed by atoms with E-state index in [2.05, 4.69) is 17.2 Å². The number of hydrogen-bond donors (Lipinski definition) is 2. The van der Waals surface area contributed by atoms with Gasteiger partial charge in [0.15, 0.2) is 0 Å². The molecule has 1 aliphatic heterocycles. The highest BCUT2D eigenvalue weighted by molar-refractivity contribution is 5.96. The quantitative estimate of drug-likeness (QED) is 0.826. The van der Waals surface area contributed by atoms with Gasteiger partial charge in [-0.25, -0.2) is 4.39 Å². The van der Waals surface area contributed by atoms with Crippen molar-refractivity contribution in [1.29, 1.82) is 0 Å². The molecule has 0 aromatic heterocycles. The monoisotopic (exact) mass is 291 g/mol. The van der Waals surface area contributed by atoms with Crippen molar-refractivity contribution in [3.8, 4) is 11.8 Å². The number of ether oxygens (including phenoxy) is 1. The van der Waals surface area contributed by atoms with Crippen molar-refractivity contribution >= 4 is 5.91 Å². The van der Waals surface area contributed by atoms with Gasteiger partial charge in [-0.3, -0.25) is 4.79 Å². The molecule has 1 aliphatic rings. The van der Waals surface area contributed by atoms with Crippen LogP contribution < -0.4 is 5.32 Å². The first kappa shape index (κ1) is 15.5. The highest BCUT2D eigenvalue weighted by atomic mass is 19.1. The molecule has 0 spiro atoms. The van der Waals surface area contributed by atoms with E-state index in [1.54, 1.807) is 0 Å². The maximum atomic E-state index is 13.3. The Hall–Kier alpha value is -1.90. The van der Waals surface area contributed by atoms with E-state index < -0.39 is 5.82 Å². The molecule has 1 atom stereocenters. The van der Waals surface area contributed by atoms with Gasteiger partial charge in [-0.15, -0.1) is 0 Å². The number of carbonyl (C=O) groups excluding carboxylic acids is 1. The number of aliphatic hydroxyl groups is 1. The fourth-order valence-electron chi connectivity index (χ4n) is 2.26. The summed E-state index contributed by atoms with van der Waals surface area (Å²) in [5.41, 5.74) is 0.586. The lowest BCUT2D eigenvalue weighted by atomic mass is 10.1. The Morgan fingerprint density at radius 1 is 1.52 bits per heavy atom. The summed E-state index contributed by atoms with van der Waals surface area (Å²) in [6.07, 6.45) is 3.03. The molecule has 1 unspecified atom stereocenters. The minimum atomic E-state index is -0.492. The summed E-state index contributed by atoms with van der Waals surface area (Å²) in [5.74, 6) is 4.26. The van der Waals surface area contributed by atoms with Gasteiger partial charge in [0.1, 0.15) is 12.4 Å². The lowest BCUT2D eigenvalue weighted by Gasteiger charge is -2.11. The molecule has 2 rings (SSSR count). The Labute approximate surface area is 123 Å². The largest absolute Gasteiger partial charge is 0.384 e. The Morgan fingerprint density at radius 3 is 3.10 bits per heavy atom. The van der Waals surface area contributed by atoms with E-state index in [0.29, 0.717) is 12.1 Å². The van der Waals surface area contributed by atoms with E-state index in [1.165, 1.54) is 12.1 Å². The molecular formula is C16H18FNO3. The van der Waals surface area contributed by atoms with Gasteiger partial charge in [-0.2, -0.15) is 0 Å². The second-order valence-corrected chi connectivity index (χ2v) is 4.83. The van der Waals surface area contributed by atoms with Crippen LogP contribution in [0.25, 0.3) is 0 Å². The first-order chi connectivity index (χ1) is 10.2. The van der Waals surface area contributed by atoms with Crippen LogP contribution in [-0.4, -0.2) is 36.9 Å². The summed E-state index contributed by atoms with van der Waals surface area (Å²) in [7, 11) is 0. The number of carbonyl (C=O) groups is 1. The van der Waals surface area contributed by atoms with Crippen molar-refractivity contribution in [2.75, 3.05) is 19.8 Å². The molecule has 1 fully saturated rings. The smallest absolute Gasteiger partial charge is 0.252 e. The number of benzene rings is 1. The average molecular weight is 291 g/mol. The van der Waals surface area contributed by atoms with Crippen LogP contribution in [0, 0.1) is 17.7 Å². The molecule has 1 saturated heterocycles. The first-order valence-corrected chi connectivity index (χ1v) is 7.00. The molecule has 5 heteroatoms. The van der Waals surface area contributed by atoms with Crippen molar-refractivity contribution in [1.82, 2.24) is 5.32 Å². The number of rotatable bonds is 4. The molecule has 1 amide bonds. The van der Waals surface area contributed by atoms with Crippen LogP contribution in [-0.2, 0) is 4.74 Å². The fourth-order valence-corrected chi connectivity index (χ4v) is 2.26. The number of halogens is 1.